The summed E-state index contributed by atoms with van der Waals surface area (Å²) >= 11 is 0. The van der Waals surface area contributed by atoms with Crippen molar-refractivity contribution in [1.82, 2.24) is 0 Å². The van der Waals surface area contributed by atoms with E-state index in [0.717, 1.165) is 22.4 Å². The fourth-order valence-electron chi connectivity index (χ4n) is 2.12. The summed E-state index contributed by atoms with van der Waals surface area (Å²) in [7, 11) is 1.64. The summed E-state index contributed by atoms with van der Waals surface area (Å²) in [6.07, 6.45) is 0.665. The number of carboxylic acid groups (broad SMARTS) is 1. The van der Waals surface area contributed by atoms with Crippen molar-refractivity contribution >= 4 is 5.97 Å². The molecule has 0 spiro atoms. The Bertz CT molecular complexity index is 600. The molecule has 0 saturated heterocycles. The maximum Gasteiger partial charge on any atom is 0.303 e. The normalized spacial score (nSPS) is 10.3. The van der Waals surface area contributed by atoms with E-state index in [1.165, 1.54) is 5.56 Å². The minimum atomic E-state index is -0.780. The molecule has 0 amide bonds. The molecule has 1 N–H and O–H groups in total. The van der Waals surface area contributed by atoms with Gasteiger partial charge in [-0.2, -0.15) is 0 Å². The second kappa shape index (κ2) is 6.24. The van der Waals surface area contributed by atoms with Gasteiger partial charge in [0.2, 0.25) is 0 Å². The van der Waals surface area contributed by atoms with Gasteiger partial charge in [0.15, 0.2) is 0 Å². The molecule has 0 atom stereocenters. The van der Waals surface area contributed by atoms with E-state index in [1.807, 2.05) is 37.3 Å². The lowest BCUT2D eigenvalue weighted by molar-refractivity contribution is -0.136. The average molecular weight is 270 g/mol. The van der Waals surface area contributed by atoms with Crippen LogP contribution >= 0.6 is 0 Å². The van der Waals surface area contributed by atoms with Crippen molar-refractivity contribution < 1.29 is 14.6 Å². The molecule has 0 heterocycles. The monoisotopic (exact) mass is 270 g/mol. The Kier molecular flexibility index (Phi) is 4.41. The molecule has 104 valence electrons. The fraction of sp³-hybridized carbons (Fsp3) is 0.235. The fourth-order valence-corrected chi connectivity index (χ4v) is 2.12. The van der Waals surface area contributed by atoms with Gasteiger partial charge in [-0.1, -0.05) is 35.9 Å². The third-order valence-corrected chi connectivity index (χ3v) is 3.25. The van der Waals surface area contributed by atoms with E-state index in [4.69, 9.17) is 9.84 Å². The Hall–Kier alpha value is -2.29. The van der Waals surface area contributed by atoms with Crippen LogP contribution in [-0.2, 0) is 11.2 Å². The van der Waals surface area contributed by atoms with Crippen LogP contribution in [0.1, 0.15) is 17.5 Å². The summed E-state index contributed by atoms with van der Waals surface area (Å²) in [5, 5.41) is 8.77. The van der Waals surface area contributed by atoms with Crippen LogP contribution in [0.4, 0.5) is 0 Å². The Morgan fingerprint density at radius 3 is 2.45 bits per heavy atom. The van der Waals surface area contributed by atoms with E-state index in [9.17, 15) is 4.79 Å². The van der Waals surface area contributed by atoms with Crippen molar-refractivity contribution in [3.8, 4) is 16.9 Å². The van der Waals surface area contributed by atoms with Gasteiger partial charge in [0.1, 0.15) is 5.75 Å². The van der Waals surface area contributed by atoms with Crippen LogP contribution in [0.25, 0.3) is 11.1 Å². The number of carbonyl (C=O) groups is 1. The highest BCUT2D eigenvalue weighted by molar-refractivity contribution is 5.72. The lowest BCUT2D eigenvalue weighted by Crippen LogP contribution is -1.98. The van der Waals surface area contributed by atoms with Gasteiger partial charge in [-0.25, -0.2) is 0 Å². The number of aryl methyl sites for hydroxylation is 2. The SMILES string of the molecule is COc1ccc(CCC(=O)O)cc1-c1ccc(C)cc1. The molecule has 0 radical (unpaired) electrons. The van der Waals surface area contributed by atoms with Gasteiger partial charge in [0.05, 0.1) is 7.11 Å². The van der Waals surface area contributed by atoms with Gasteiger partial charge in [0.25, 0.3) is 0 Å². The van der Waals surface area contributed by atoms with Gasteiger partial charge < -0.3 is 9.84 Å². The number of carboxylic acids is 1. The molecule has 0 aromatic heterocycles. The molecular formula is C17H18O3. The van der Waals surface area contributed by atoms with E-state index in [0.29, 0.717) is 6.42 Å². The number of aliphatic carboxylic acids is 1. The highest BCUT2D eigenvalue weighted by atomic mass is 16.5. The minimum absolute atomic E-state index is 0.139. The highest BCUT2D eigenvalue weighted by Gasteiger charge is 2.08. The predicted molar refractivity (Wildman–Crippen MR) is 79.1 cm³/mol. The molecule has 0 unspecified atom stereocenters. The maximum atomic E-state index is 10.7. The topological polar surface area (TPSA) is 46.5 Å². The van der Waals surface area contributed by atoms with Gasteiger partial charge in [-0.05, 0) is 36.6 Å². The predicted octanol–water partition coefficient (Wildman–Crippen LogP) is 3.69. The molecule has 0 aliphatic heterocycles. The second-order valence-corrected chi connectivity index (χ2v) is 4.79. The summed E-state index contributed by atoms with van der Waals surface area (Å²) < 4.78 is 5.39. The Balaban J connectivity index is 2.36. The first-order valence-corrected chi connectivity index (χ1v) is 6.56. The number of ether oxygens (including phenoxy) is 1. The number of methoxy groups -OCH3 is 1. The van der Waals surface area contributed by atoms with Crippen molar-refractivity contribution in [3.05, 3.63) is 53.6 Å². The number of hydrogen-bond acceptors (Lipinski definition) is 2. The first kappa shape index (κ1) is 14.1. The number of rotatable bonds is 5. The van der Waals surface area contributed by atoms with Crippen molar-refractivity contribution in [2.75, 3.05) is 7.11 Å². The van der Waals surface area contributed by atoms with Crippen molar-refractivity contribution in [2.24, 2.45) is 0 Å². The highest BCUT2D eigenvalue weighted by Crippen LogP contribution is 2.31. The van der Waals surface area contributed by atoms with E-state index < -0.39 is 5.97 Å². The molecule has 20 heavy (non-hydrogen) atoms. The first-order valence-electron chi connectivity index (χ1n) is 6.56. The third-order valence-electron chi connectivity index (χ3n) is 3.25. The molecule has 0 bridgehead atoms. The van der Waals surface area contributed by atoms with E-state index >= 15 is 0 Å². The maximum absolute atomic E-state index is 10.7. The number of hydrogen-bond donors (Lipinski definition) is 1. The molecule has 2 aromatic carbocycles. The van der Waals surface area contributed by atoms with Gasteiger partial charge >= 0.3 is 5.97 Å². The molecule has 3 nitrogen and oxygen atoms in total. The standard InChI is InChI=1S/C17H18O3/c1-12-3-7-14(8-4-12)15-11-13(6-10-17(18)19)5-9-16(15)20-2/h3-5,7-9,11H,6,10H2,1-2H3,(H,18,19). The quantitative estimate of drug-likeness (QED) is 0.901. The van der Waals surface area contributed by atoms with E-state index in [2.05, 4.69) is 12.1 Å². The van der Waals surface area contributed by atoms with Crippen molar-refractivity contribution in [2.45, 2.75) is 19.8 Å². The lowest BCUT2D eigenvalue weighted by atomic mass is 9.99. The van der Waals surface area contributed by atoms with Crippen molar-refractivity contribution in [3.63, 3.8) is 0 Å². The van der Waals surface area contributed by atoms with E-state index in [1.54, 1.807) is 7.11 Å². The van der Waals surface area contributed by atoms with Gasteiger partial charge in [0, 0.05) is 12.0 Å². The van der Waals surface area contributed by atoms with E-state index in [-0.39, 0.29) is 6.42 Å². The van der Waals surface area contributed by atoms with Crippen LogP contribution < -0.4 is 4.74 Å². The third kappa shape index (κ3) is 3.38. The lowest BCUT2D eigenvalue weighted by Gasteiger charge is -2.11. The second-order valence-electron chi connectivity index (χ2n) is 4.79. The largest absolute Gasteiger partial charge is 0.496 e. The van der Waals surface area contributed by atoms with Crippen molar-refractivity contribution in [1.29, 1.82) is 0 Å². The Morgan fingerprint density at radius 1 is 1.15 bits per heavy atom. The Morgan fingerprint density at radius 2 is 1.85 bits per heavy atom. The minimum Gasteiger partial charge on any atom is -0.496 e. The molecule has 2 aromatic rings. The van der Waals surface area contributed by atoms with Gasteiger partial charge in [-0.3, -0.25) is 4.79 Å². The van der Waals surface area contributed by atoms with Gasteiger partial charge in [-0.15, -0.1) is 0 Å². The zero-order valence-corrected chi connectivity index (χ0v) is 11.7. The molecule has 0 saturated carbocycles. The first-order chi connectivity index (χ1) is 9.60. The molecule has 0 aliphatic carbocycles. The Labute approximate surface area is 118 Å². The summed E-state index contributed by atoms with van der Waals surface area (Å²) in [5.74, 6) is 0.0191. The van der Waals surface area contributed by atoms with Crippen LogP contribution in [0, 0.1) is 6.92 Å². The van der Waals surface area contributed by atoms with Crippen LogP contribution in [0.2, 0.25) is 0 Å². The molecule has 2 rings (SSSR count). The smallest absolute Gasteiger partial charge is 0.303 e. The zero-order valence-electron chi connectivity index (χ0n) is 11.7. The zero-order chi connectivity index (χ0) is 14.5. The van der Waals surface area contributed by atoms with Crippen LogP contribution in [0.5, 0.6) is 5.75 Å². The van der Waals surface area contributed by atoms with Crippen LogP contribution in [0.3, 0.4) is 0 Å². The molecular weight excluding hydrogens is 252 g/mol. The summed E-state index contributed by atoms with van der Waals surface area (Å²) in [6.45, 7) is 2.05. The summed E-state index contributed by atoms with van der Waals surface area (Å²) in [6, 6.07) is 14.0. The molecule has 3 heteroatoms. The summed E-state index contributed by atoms with van der Waals surface area (Å²) in [4.78, 5) is 10.7. The molecule has 0 aliphatic rings. The van der Waals surface area contributed by atoms with Crippen LogP contribution in [-0.4, -0.2) is 18.2 Å². The average Bonchev–Trinajstić information content (AvgIpc) is 2.45. The number of benzene rings is 2. The summed E-state index contributed by atoms with van der Waals surface area (Å²) in [5.41, 5.74) is 4.28. The van der Waals surface area contributed by atoms with Crippen LogP contribution in [0.15, 0.2) is 42.5 Å². The molecule has 0 fully saturated rings.